The van der Waals surface area contributed by atoms with Crippen LogP contribution < -0.4 is 5.32 Å². The lowest BCUT2D eigenvalue weighted by molar-refractivity contribution is -0.146. The number of aliphatic carboxylic acids is 1. The Bertz CT molecular complexity index is 359. The number of rotatable bonds is 5. The predicted molar refractivity (Wildman–Crippen MR) is 80.9 cm³/mol. The smallest absolute Gasteiger partial charge is 0.307 e. The van der Waals surface area contributed by atoms with Crippen molar-refractivity contribution in [2.24, 2.45) is 17.8 Å². The zero-order chi connectivity index (χ0) is 15.2. The van der Waals surface area contributed by atoms with Crippen molar-refractivity contribution in [3.63, 3.8) is 0 Å². The monoisotopic (exact) mass is 296 g/mol. The van der Waals surface area contributed by atoms with Gasteiger partial charge >= 0.3 is 5.97 Å². The molecule has 2 fully saturated rings. The van der Waals surface area contributed by atoms with Crippen molar-refractivity contribution in [2.75, 3.05) is 26.2 Å². The third-order valence-electron chi connectivity index (χ3n) is 5.21. The maximum absolute atomic E-state index is 12.2. The van der Waals surface area contributed by atoms with Crippen LogP contribution in [0.15, 0.2) is 0 Å². The Morgan fingerprint density at radius 2 is 1.71 bits per heavy atom. The molecular weight excluding hydrogens is 268 g/mol. The maximum Gasteiger partial charge on any atom is 0.307 e. The van der Waals surface area contributed by atoms with Gasteiger partial charge in [-0.1, -0.05) is 6.92 Å². The molecule has 5 nitrogen and oxygen atoms in total. The summed E-state index contributed by atoms with van der Waals surface area (Å²) in [5.41, 5.74) is 0. The minimum absolute atomic E-state index is 0.0213. The first-order valence-electron chi connectivity index (χ1n) is 8.33. The van der Waals surface area contributed by atoms with Crippen LogP contribution in [0.5, 0.6) is 0 Å². The molecule has 120 valence electrons. The fourth-order valence-electron chi connectivity index (χ4n) is 3.68. The van der Waals surface area contributed by atoms with Crippen LogP contribution in [-0.4, -0.2) is 48.1 Å². The van der Waals surface area contributed by atoms with Crippen LogP contribution in [-0.2, 0) is 9.59 Å². The molecule has 1 unspecified atom stereocenters. The fraction of sp³-hybridized carbons (Fsp3) is 0.875. The highest BCUT2D eigenvalue weighted by Crippen LogP contribution is 2.31. The Hall–Kier alpha value is -1.10. The maximum atomic E-state index is 12.2. The summed E-state index contributed by atoms with van der Waals surface area (Å²) < 4.78 is 0. The molecule has 1 atom stereocenters. The zero-order valence-corrected chi connectivity index (χ0v) is 13.0. The normalized spacial score (nSPS) is 23.0. The highest BCUT2D eigenvalue weighted by Gasteiger charge is 2.30. The first-order valence-corrected chi connectivity index (χ1v) is 8.33. The Kier molecular flexibility index (Phi) is 6.03. The van der Waals surface area contributed by atoms with E-state index in [0.29, 0.717) is 6.42 Å². The van der Waals surface area contributed by atoms with Gasteiger partial charge in [0, 0.05) is 19.5 Å². The van der Waals surface area contributed by atoms with E-state index in [1.54, 1.807) is 0 Å². The van der Waals surface area contributed by atoms with Crippen molar-refractivity contribution in [3.8, 4) is 0 Å². The summed E-state index contributed by atoms with van der Waals surface area (Å²) in [5.74, 6) is 0.201. The van der Waals surface area contributed by atoms with Gasteiger partial charge in [0.1, 0.15) is 0 Å². The molecule has 0 aromatic rings. The molecule has 0 spiro atoms. The quantitative estimate of drug-likeness (QED) is 0.810. The number of nitrogens with zero attached hydrogens (tertiary/aromatic N) is 1. The highest BCUT2D eigenvalue weighted by molar-refractivity contribution is 5.82. The van der Waals surface area contributed by atoms with Crippen molar-refractivity contribution < 1.29 is 14.7 Å². The van der Waals surface area contributed by atoms with Crippen LogP contribution in [0.25, 0.3) is 0 Å². The van der Waals surface area contributed by atoms with E-state index in [2.05, 4.69) is 5.32 Å². The third kappa shape index (κ3) is 4.43. The average molecular weight is 296 g/mol. The topological polar surface area (TPSA) is 69.6 Å². The molecule has 2 heterocycles. The molecule has 2 rings (SSSR count). The Morgan fingerprint density at radius 1 is 1.14 bits per heavy atom. The van der Waals surface area contributed by atoms with Crippen molar-refractivity contribution in [3.05, 3.63) is 0 Å². The van der Waals surface area contributed by atoms with Gasteiger partial charge in [-0.2, -0.15) is 0 Å². The fourth-order valence-corrected chi connectivity index (χ4v) is 3.68. The predicted octanol–water partition coefficient (Wildman–Crippen LogP) is 1.73. The van der Waals surface area contributed by atoms with E-state index >= 15 is 0 Å². The molecule has 0 radical (unpaired) electrons. The van der Waals surface area contributed by atoms with Crippen molar-refractivity contribution in [1.82, 2.24) is 10.2 Å². The van der Waals surface area contributed by atoms with Gasteiger partial charge in [-0.05, 0) is 57.0 Å². The number of piperidine rings is 2. The lowest BCUT2D eigenvalue weighted by Gasteiger charge is -2.38. The molecule has 0 aromatic heterocycles. The number of amides is 1. The number of carbonyl (C=O) groups is 2. The second-order valence-electron chi connectivity index (χ2n) is 6.45. The number of carbonyl (C=O) groups excluding carboxylic acids is 1. The van der Waals surface area contributed by atoms with Crippen LogP contribution in [0.2, 0.25) is 0 Å². The molecule has 1 amide bonds. The highest BCUT2D eigenvalue weighted by atomic mass is 16.4. The van der Waals surface area contributed by atoms with Gasteiger partial charge in [-0.3, -0.25) is 9.59 Å². The first kappa shape index (κ1) is 16.3. The van der Waals surface area contributed by atoms with Gasteiger partial charge in [-0.15, -0.1) is 0 Å². The van der Waals surface area contributed by atoms with Crippen molar-refractivity contribution >= 4 is 11.9 Å². The van der Waals surface area contributed by atoms with E-state index in [1.165, 1.54) is 12.8 Å². The van der Waals surface area contributed by atoms with Gasteiger partial charge in [0.15, 0.2) is 0 Å². The second-order valence-corrected chi connectivity index (χ2v) is 6.45. The van der Waals surface area contributed by atoms with E-state index in [9.17, 15) is 9.59 Å². The summed E-state index contributed by atoms with van der Waals surface area (Å²) in [6.45, 7) is 5.70. The molecule has 0 aliphatic carbocycles. The van der Waals surface area contributed by atoms with E-state index in [1.807, 2.05) is 11.8 Å². The minimum Gasteiger partial charge on any atom is -0.481 e. The van der Waals surface area contributed by atoms with Crippen molar-refractivity contribution in [2.45, 2.75) is 45.4 Å². The molecular formula is C16H28N2O3. The van der Waals surface area contributed by atoms with E-state index in [-0.39, 0.29) is 12.3 Å². The minimum atomic E-state index is -0.851. The van der Waals surface area contributed by atoms with Crippen molar-refractivity contribution in [1.29, 1.82) is 0 Å². The number of hydrogen-bond donors (Lipinski definition) is 2. The third-order valence-corrected chi connectivity index (χ3v) is 5.21. The van der Waals surface area contributed by atoms with Gasteiger partial charge in [0.2, 0.25) is 5.91 Å². The lowest BCUT2D eigenvalue weighted by Crippen LogP contribution is -2.42. The number of carboxylic acids is 1. The first-order chi connectivity index (χ1) is 10.1. The molecule has 0 aromatic carbocycles. The number of hydrogen-bond acceptors (Lipinski definition) is 3. The molecule has 2 aliphatic heterocycles. The van der Waals surface area contributed by atoms with Crippen LogP contribution in [0.3, 0.4) is 0 Å². The summed E-state index contributed by atoms with van der Waals surface area (Å²) >= 11 is 0. The second kappa shape index (κ2) is 7.78. The number of likely N-dealkylation sites (tertiary alicyclic amines) is 1. The Balaban J connectivity index is 1.77. The van der Waals surface area contributed by atoms with E-state index < -0.39 is 11.9 Å². The summed E-state index contributed by atoms with van der Waals surface area (Å²) in [6, 6.07) is 0. The molecule has 5 heteroatoms. The standard InChI is InChI=1S/C16H28N2O3/c1-2-12(16(20)21)11-15(19)18-9-5-14(6-10-18)13-3-7-17-8-4-13/h12-14,17H,2-11H2,1H3,(H,20,21). The summed E-state index contributed by atoms with van der Waals surface area (Å²) in [5, 5.41) is 12.5. The molecule has 0 bridgehead atoms. The number of nitrogens with one attached hydrogen (secondary N) is 1. The van der Waals surface area contributed by atoms with E-state index in [4.69, 9.17) is 5.11 Å². The lowest BCUT2D eigenvalue weighted by atomic mass is 9.79. The Morgan fingerprint density at radius 3 is 2.24 bits per heavy atom. The molecule has 21 heavy (non-hydrogen) atoms. The molecule has 2 aliphatic rings. The van der Waals surface area contributed by atoms with Crippen LogP contribution >= 0.6 is 0 Å². The summed E-state index contributed by atoms with van der Waals surface area (Å²) in [6.07, 6.45) is 5.36. The van der Waals surface area contributed by atoms with Gasteiger partial charge in [-0.25, -0.2) is 0 Å². The largest absolute Gasteiger partial charge is 0.481 e. The van der Waals surface area contributed by atoms with Gasteiger partial charge in [0.05, 0.1) is 5.92 Å². The molecule has 0 saturated carbocycles. The number of carboxylic acid groups (broad SMARTS) is 1. The molecule has 2 saturated heterocycles. The SMILES string of the molecule is CCC(CC(=O)N1CCC(C2CCNCC2)CC1)C(=O)O. The van der Waals surface area contributed by atoms with Crippen LogP contribution in [0, 0.1) is 17.8 Å². The molecule has 2 N–H and O–H groups in total. The van der Waals surface area contributed by atoms with Crippen LogP contribution in [0.4, 0.5) is 0 Å². The Labute approximate surface area is 127 Å². The van der Waals surface area contributed by atoms with Gasteiger partial charge < -0.3 is 15.3 Å². The van der Waals surface area contributed by atoms with Gasteiger partial charge in [0.25, 0.3) is 0 Å². The van der Waals surface area contributed by atoms with E-state index in [0.717, 1.165) is 50.9 Å². The zero-order valence-electron chi connectivity index (χ0n) is 13.0. The summed E-state index contributed by atoms with van der Waals surface area (Å²) in [4.78, 5) is 25.1. The summed E-state index contributed by atoms with van der Waals surface area (Å²) in [7, 11) is 0. The average Bonchev–Trinajstić information content (AvgIpc) is 2.53. The van der Waals surface area contributed by atoms with Crippen LogP contribution in [0.1, 0.15) is 45.4 Å².